The Kier molecular flexibility index (Phi) is 4.66. The van der Waals surface area contributed by atoms with Crippen molar-refractivity contribution in [1.82, 2.24) is 20.3 Å². The molecule has 2 rings (SSSR count). The number of carbonyl (C=O) groups excluding carboxylic acids is 1. The first-order chi connectivity index (χ1) is 10.1. The van der Waals surface area contributed by atoms with Gasteiger partial charge in [-0.3, -0.25) is 4.79 Å². The third kappa shape index (κ3) is 3.26. The van der Waals surface area contributed by atoms with Crippen molar-refractivity contribution < 1.29 is 15.0 Å². The van der Waals surface area contributed by atoms with E-state index in [0.29, 0.717) is 6.42 Å². The van der Waals surface area contributed by atoms with Gasteiger partial charge in [0.15, 0.2) is 5.69 Å². The lowest BCUT2D eigenvalue weighted by Crippen LogP contribution is -2.53. The molecule has 0 saturated carbocycles. The van der Waals surface area contributed by atoms with Crippen LogP contribution in [0.2, 0.25) is 0 Å². The van der Waals surface area contributed by atoms with Crippen molar-refractivity contribution in [2.45, 2.75) is 18.9 Å². The zero-order valence-corrected chi connectivity index (χ0v) is 11.7. The molecule has 0 spiro atoms. The van der Waals surface area contributed by atoms with E-state index in [2.05, 4.69) is 15.5 Å². The summed E-state index contributed by atoms with van der Waals surface area (Å²) in [6.07, 6.45) is 1.75. The summed E-state index contributed by atoms with van der Waals surface area (Å²) in [5.41, 5.74) is -0.186. The lowest BCUT2D eigenvalue weighted by Gasteiger charge is -2.29. The van der Waals surface area contributed by atoms with Crippen molar-refractivity contribution in [2.24, 2.45) is 0 Å². The van der Waals surface area contributed by atoms with Crippen LogP contribution in [0.3, 0.4) is 0 Å². The molecule has 0 aliphatic heterocycles. The highest BCUT2D eigenvalue weighted by Crippen LogP contribution is 2.10. The summed E-state index contributed by atoms with van der Waals surface area (Å²) in [5, 5.41) is 29.4. The van der Waals surface area contributed by atoms with Crippen LogP contribution in [-0.4, -0.2) is 49.9 Å². The molecule has 21 heavy (non-hydrogen) atoms. The summed E-state index contributed by atoms with van der Waals surface area (Å²) >= 11 is 0. The molecule has 0 bridgehead atoms. The number of aliphatic hydroxyl groups excluding tert-OH is 2. The van der Waals surface area contributed by atoms with Crippen molar-refractivity contribution in [2.75, 3.05) is 13.2 Å². The van der Waals surface area contributed by atoms with Gasteiger partial charge in [0.25, 0.3) is 5.91 Å². The fourth-order valence-corrected chi connectivity index (χ4v) is 1.80. The highest BCUT2D eigenvalue weighted by Gasteiger charge is 2.29. The maximum atomic E-state index is 12.1. The molecular weight excluding hydrogens is 272 g/mol. The third-order valence-electron chi connectivity index (χ3n) is 3.37. The fraction of sp³-hybridized carbons (Fsp3) is 0.357. The molecular formula is C14H18N4O3. The number of nitrogens with zero attached hydrogens (tertiary/aromatic N) is 3. The van der Waals surface area contributed by atoms with E-state index in [-0.39, 0.29) is 18.9 Å². The number of benzene rings is 1. The monoisotopic (exact) mass is 290 g/mol. The zero-order chi connectivity index (χ0) is 15.3. The first-order valence-electron chi connectivity index (χ1n) is 6.66. The summed E-state index contributed by atoms with van der Waals surface area (Å²) < 4.78 is 0. The van der Waals surface area contributed by atoms with Crippen LogP contribution in [0, 0.1) is 0 Å². The van der Waals surface area contributed by atoms with Gasteiger partial charge >= 0.3 is 0 Å². The molecule has 0 fully saturated rings. The Morgan fingerprint density at radius 2 is 1.95 bits per heavy atom. The van der Waals surface area contributed by atoms with Crippen LogP contribution in [-0.2, 0) is 0 Å². The maximum Gasteiger partial charge on any atom is 0.274 e. The highest BCUT2D eigenvalue weighted by molar-refractivity contribution is 5.92. The molecule has 1 aromatic heterocycles. The Labute approximate surface area is 122 Å². The lowest BCUT2D eigenvalue weighted by atomic mass is 9.98. The molecule has 112 valence electrons. The molecule has 0 atom stereocenters. The standard InChI is InChI=1S/C14H18N4O3/c1-2-14(9-19,10-20)16-13(21)12-8-15-18(17-12)11-6-4-3-5-7-11/h3-8,19-20H,2,9-10H2,1H3,(H,16,21). The van der Waals surface area contributed by atoms with Gasteiger partial charge in [-0.25, -0.2) is 0 Å². The minimum absolute atomic E-state index is 0.124. The SMILES string of the molecule is CCC(CO)(CO)NC(=O)c1cnn(-c2ccccc2)n1. The predicted molar refractivity (Wildman–Crippen MR) is 76.0 cm³/mol. The molecule has 3 N–H and O–H groups in total. The summed E-state index contributed by atoms with van der Waals surface area (Å²) in [6, 6.07) is 9.20. The smallest absolute Gasteiger partial charge is 0.274 e. The second kappa shape index (κ2) is 6.47. The molecule has 0 saturated heterocycles. The van der Waals surface area contributed by atoms with Gasteiger partial charge in [0.05, 0.1) is 30.6 Å². The average molecular weight is 290 g/mol. The molecule has 0 unspecified atom stereocenters. The molecule has 0 aliphatic carbocycles. The Bertz CT molecular complexity index is 585. The van der Waals surface area contributed by atoms with Crippen LogP contribution in [0.5, 0.6) is 0 Å². The normalized spacial score (nSPS) is 11.4. The number of hydrogen-bond donors (Lipinski definition) is 3. The van der Waals surface area contributed by atoms with Gasteiger partial charge in [-0.1, -0.05) is 25.1 Å². The van der Waals surface area contributed by atoms with E-state index in [1.807, 2.05) is 30.3 Å². The van der Waals surface area contributed by atoms with Crippen LogP contribution >= 0.6 is 0 Å². The van der Waals surface area contributed by atoms with Gasteiger partial charge in [-0.2, -0.15) is 9.90 Å². The third-order valence-corrected chi connectivity index (χ3v) is 3.37. The van der Waals surface area contributed by atoms with E-state index >= 15 is 0 Å². The van der Waals surface area contributed by atoms with Crippen molar-refractivity contribution in [3.63, 3.8) is 0 Å². The number of hydrogen-bond acceptors (Lipinski definition) is 5. The van der Waals surface area contributed by atoms with Crippen LogP contribution in [0.4, 0.5) is 0 Å². The van der Waals surface area contributed by atoms with Crippen LogP contribution < -0.4 is 5.32 Å². The van der Waals surface area contributed by atoms with E-state index < -0.39 is 11.4 Å². The van der Waals surface area contributed by atoms with Gasteiger partial charge in [-0.15, -0.1) is 5.10 Å². The van der Waals surface area contributed by atoms with Crippen molar-refractivity contribution >= 4 is 5.91 Å². The van der Waals surface area contributed by atoms with Crippen molar-refractivity contribution in [3.05, 3.63) is 42.2 Å². The van der Waals surface area contributed by atoms with Crippen LogP contribution in [0.25, 0.3) is 5.69 Å². The van der Waals surface area contributed by atoms with Gasteiger partial charge in [0.1, 0.15) is 0 Å². The molecule has 7 heteroatoms. The number of aromatic nitrogens is 3. The largest absolute Gasteiger partial charge is 0.394 e. The van der Waals surface area contributed by atoms with Gasteiger partial charge in [0, 0.05) is 0 Å². The minimum Gasteiger partial charge on any atom is -0.394 e. The molecule has 1 amide bonds. The number of para-hydroxylation sites is 1. The number of carbonyl (C=O) groups is 1. The average Bonchev–Trinajstić information content (AvgIpc) is 3.04. The van der Waals surface area contributed by atoms with Gasteiger partial charge in [-0.05, 0) is 18.6 Å². The zero-order valence-electron chi connectivity index (χ0n) is 11.7. The van der Waals surface area contributed by atoms with Crippen LogP contribution in [0.15, 0.2) is 36.5 Å². The molecule has 1 aromatic carbocycles. The molecule has 2 aromatic rings. The summed E-state index contributed by atoms with van der Waals surface area (Å²) in [6.45, 7) is 1.07. The summed E-state index contributed by atoms with van der Waals surface area (Å²) in [4.78, 5) is 13.5. The van der Waals surface area contributed by atoms with E-state index in [1.165, 1.54) is 11.0 Å². The topological polar surface area (TPSA) is 100 Å². The number of amides is 1. The molecule has 1 heterocycles. The van der Waals surface area contributed by atoms with E-state index in [4.69, 9.17) is 0 Å². The second-order valence-corrected chi connectivity index (χ2v) is 4.76. The summed E-state index contributed by atoms with van der Waals surface area (Å²) in [5.74, 6) is -0.484. The van der Waals surface area contributed by atoms with E-state index in [9.17, 15) is 15.0 Å². The maximum absolute atomic E-state index is 12.1. The van der Waals surface area contributed by atoms with E-state index in [1.54, 1.807) is 6.92 Å². The molecule has 0 aliphatic rings. The minimum atomic E-state index is -1.05. The quantitative estimate of drug-likeness (QED) is 0.702. The molecule has 0 radical (unpaired) electrons. The fourth-order valence-electron chi connectivity index (χ4n) is 1.80. The summed E-state index contributed by atoms with van der Waals surface area (Å²) in [7, 11) is 0. The Morgan fingerprint density at radius 3 is 2.52 bits per heavy atom. The van der Waals surface area contributed by atoms with Crippen LogP contribution in [0.1, 0.15) is 23.8 Å². The van der Waals surface area contributed by atoms with Crippen molar-refractivity contribution in [1.29, 1.82) is 0 Å². The number of rotatable bonds is 6. The Hall–Kier alpha value is -2.25. The second-order valence-electron chi connectivity index (χ2n) is 4.76. The first kappa shape index (κ1) is 15.1. The predicted octanol–water partition coefficient (Wildman–Crippen LogP) is 0.130. The number of nitrogens with one attached hydrogen (secondary N) is 1. The Balaban J connectivity index is 2.16. The highest BCUT2D eigenvalue weighted by atomic mass is 16.3. The molecule has 7 nitrogen and oxygen atoms in total. The first-order valence-corrected chi connectivity index (χ1v) is 6.66. The van der Waals surface area contributed by atoms with Crippen molar-refractivity contribution in [3.8, 4) is 5.69 Å². The lowest BCUT2D eigenvalue weighted by molar-refractivity contribution is 0.0649. The van der Waals surface area contributed by atoms with E-state index in [0.717, 1.165) is 5.69 Å². The van der Waals surface area contributed by atoms with Gasteiger partial charge in [0.2, 0.25) is 0 Å². The Morgan fingerprint density at radius 1 is 1.29 bits per heavy atom. The number of aliphatic hydroxyl groups is 2. The van der Waals surface area contributed by atoms with Gasteiger partial charge < -0.3 is 15.5 Å².